The Labute approximate surface area is 368 Å². The summed E-state index contributed by atoms with van der Waals surface area (Å²) in [5.74, 6) is -3.96. The average Bonchev–Trinajstić information content (AvgIpc) is 3.29. The van der Waals surface area contributed by atoms with Gasteiger partial charge in [-0.05, 0) is 35.9 Å². The van der Waals surface area contributed by atoms with Crippen molar-refractivity contribution in [3.05, 3.63) is 86.5 Å². The number of esters is 1. The Hall–Kier alpha value is -5.70. The number of phenols is 2. The molecule has 65 heavy (non-hydrogen) atoms. The van der Waals surface area contributed by atoms with Crippen molar-refractivity contribution in [1.29, 1.82) is 0 Å². The van der Waals surface area contributed by atoms with E-state index in [2.05, 4.69) is 5.32 Å². The van der Waals surface area contributed by atoms with Gasteiger partial charge in [-0.15, -0.1) is 0 Å². The number of hydrogen-bond acceptors (Lipinski definition) is 21. The maximum atomic E-state index is 13.6. The van der Waals surface area contributed by atoms with E-state index in [1.165, 1.54) is 12.1 Å². The zero-order valence-corrected chi connectivity index (χ0v) is 34.4. The van der Waals surface area contributed by atoms with Gasteiger partial charge < -0.3 is 75.1 Å². The van der Waals surface area contributed by atoms with Crippen LogP contribution in [0.5, 0.6) is 11.5 Å². The molecular formula is C42H48N4O19. The van der Waals surface area contributed by atoms with Crippen LogP contribution in [-0.4, -0.2) is 191 Å². The number of hydrogen-bond donors (Lipinski definition) is 10. The predicted octanol–water partition coefficient (Wildman–Crippen LogP) is -1.84. The van der Waals surface area contributed by atoms with E-state index in [1.54, 1.807) is 29.2 Å². The van der Waals surface area contributed by atoms with Crippen molar-refractivity contribution < 1.29 is 89.0 Å². The highest BCUT2D eigenvalue weighted by Crippen LogP contribution is 2.43. The van der Waals surface area contributed by atoms with E-state index in [9.17, 15) is 75.3 Å². The number of fused-ring (bicyclic) bond motifs is 2. The van der Waals surface area contributed by atoms with Crippen LogP contribution in [0.15, 0.2) is 48.5 Å². The molecule has 1 amide bonds. The highest BCUT2D eigenvalue weighted by Gasteiger charge is 2.50. The van der Waals surface area contributed by atoms with Crippen LogP contribution in [-0.2, 0) is 35.0 Å². The molecule has 0 spiro atoms. The number of aromatic hydroxyl groups is 2. The number of ether oxygens (including phenoxy) is 4. The van der Waals surface area contributed by atoms with Gasteiger partial charge in [0, 0.05) is 57.3 Å². The van der Waals surface area contributed by atoms with E-state index in [0.29, 0.717) is 25.2 Å². The van der Waals surface area contributed by atoms with Crippen molar-refractivity contribution in [2.45, 2.75) is 80.7 Å². The quantitative estimate of drug-likeness (QED) is 0.0288. The second kappa shape index (κ2) is 19.8. The van der Waals surface area contributed by atoms with Gasteiger partial charge >= 0.3 is 5.97 Å². The molecular weight excluding hydrogens is 864 g/mol. The average molecular weight is 913 g/mol. The number of nitro groups is 1. The first-order valence-corrected chi connectivity index (χ1v) is 20.6. The Morgan fingerprint density at radius 3 is 2.06 bits per heavy atom. The fraction of sp³-hybridized carbons (Fsp3) is 0.476. The van der Waals surface area contributed by atoms with Crippen LogP contribution >= 0.6 is 0 Å². The fourth-order valence-corrected chi connectivity index (χ4v) is 8.24. The first-order chi connectivity index (χ1) is 31.0. The van der Waals surface area contributed by atoms with Gasteiger partial charge in [-0.3, -0.25) is 34.2 Å². The third-order valence-corrected chi connectivity index (χ3v) is 11.8. The van der Waals surface area contributed by atoms with Gasteiger partial charge in [0.1, 0.15) is 65.9 Å². The summed E-state index contributed by atoms with van der Waals surface area (Å²) in [5, 5.41) is 107. The molecule has 3 heterocycles. The minimum atomic E-state index is -1.81. The molecule has 3 saturated heterocycles. The monoisotopic (exact) mass is 912 g/mol. The molecule has 350 valence electrons. The van der Waals surface area contributed by atoms with Crippen LogP contribution in [0.4, 0.5) is 17.1 Å². The van der Waals surface area contributed by atoms with E-state index in [0.717, 1.165) is 17.7 Å². The van der Waals surface area contributed by atoms with Crippen LogP contribution in [0.25, 0.3) is 0 Å². The zero-order valence-electron chi connectivity index (χ0n) is 34.4. The summed E-state index contributed by atoms with van der Waals surface area (Å²) in [5.41, 5.74) is -1.28. The molecule has 3 aromatic carbocycles. The number of piperazine rings is 1. The number of amides is 1. The number of nitrogens with one attached hydrogen (secondary N) is 1. The van der Waals surface area contributed by atoms with Crippen LogP contribution < -0.4 is 5.32 Å². The lowest BCUT2D eigenvalue weighted by molar-refractivity contribution is -0.385. The van der Waals surface area contributed by atoms with E-state index < -0.39 is 124 Å². The summed E-state index contributed by atoms with van der Waals surface area (Å²) < 4.78 is 21.8. The van der Waals surface area contributed by atoms with Crippen LogP contribution in [0.3, 0.4) is 0 Å². The second-order valence-corrected chi connectivity index (χ2v) is 16.0. The molecule has 23 heteroatoms. The number of aliphatic hydroxyl groups excluding tert-OH is 7. The number of phenolic OH excluding ortho intramolecular Hbond substituents is 2. The van der Waals surface area contributed by atoms with Crippen molar-refractivity contribution in [3.63, 3.8) is 0 Å². The molecule has 3 fully saturated rings. The molecule has 0 bridgehead atoms. The molecule has 23 nitrogen and oxygen atoms in total. The van der Waals surface area contributed by atoms with Gasteiger partial charge in [-0.1, -0.05) is 12.1 Å². The Morgan fingerprint density at radius 2 is 1.40 bits per heavy atom. The normalized spacial score (nSPS) is 28.0. The highest BCUT2D eigenvalue weighted by atomic mass is 16.7. The minimum absolute atomic E-state index is 0.000409. The fourth-order valence-electron chi connectivity index (χ4n) is 8.24. The number of benzene rings is 3. The Balaban J connectivity index is 0.846. The summed E-state index contributed by atoms with van der Waals surface area (Å²) in [7, 11) is 0. The second-order valence-electron chi connectivity index (χ2n) is 16.0. The van der Waals surface area contributed by atoms with Crippen molar-refractivity contribution in [1.82, 2.24) is 9.80 Å². The SMILES string of the molecule is O=C(CCC(=O)N1CCN(C[C@H]2O[C@@H](O[C@H]3[C@H](O)[C@@H](O)C(O)O[C@@H]3CO)[C@H](O)[C@@H](O)[C@H]2O)CC1)OCCc1ccc(Nc2ccc(O)c3c2C(=O)c2c([N+](=O)[O-])ccc(O)c2C3=O)cc1. The van der Waals surface area contributed by atoms with Gasteiger partial charge in [0.05, 0.1) is 46.9 Å². The Kier molecular flexibility index (Phi) is 14.4. The zero-order chi connectivity index (χ0) is 46.9. The maximum Gasteiger partial charge on any atom is 0.306 e. The molecule has 0 aromatic heterocycles. The van der Waals surface area contributed by atoms with Gasteiger partial charge in [-0.2, -0.15) is 0 Å². The van der Waals surface area contributed by atoms with Gasteiger partial charge in [0.15, 0.2) is 12.6 Å². The van der Waals surface area contributed by atoms with Crippen LogP contribution in [0.1, 0.15) is 50.2 Å². The number of carbonyl (C=O) groups excluding carboxylic acids is 4. The molecule has 10 atom stereocenters. The molecule has 0 radical (unpaired) electrons. The number of rotatable bonds is 14. The van der Waals surface area contributed by atoms with E-state index >= 15 is 0 Å². The lowest BCUT2D eigenvalue weighted by atomic mass is 9.81. The summed E-state index contributed by atoms with van der Waals surface area (Å²) in [4.78, 5) is 66.8. The van der Waals surface area contributed by atoms with Crippen molar-refractivity contribution >= 4 is 40.5 Å². The lowest BCUT2D eigenvalue weighted by Crippen LogP contribution is -2.65. The predicted molar refractivity (Wildman–Crippen MR) is 218 cm³/mol. The van der Waals surface area contributed by atoms with Crippen LogP contribution in [0, 0.1) is 10.1 Å². The first-order valence-electron chi connectivity index (χ1n) is 20.6. The number of carbonyl (C=O) groups is 4. The topological polar surface area (TPSA) is 349 Å². The van der Waals surface area contributed by atoms with E-state index in [1.807, 2.05) is 4.90 Å². The van der Waals surface area contributed by atoms with Crippen molar-refractivity contribution in [2.24, 2.45) is 0 Å². The third kappa shape index (κ3) is 9.80. The minimum Gasteiger partial charge on any atom is -0.507 e. The third-order valence-electron chi connectivity index (χ3n) is 11.8. The lowest BCUT2D eigenvalue weighted by Gasteiger charge is -2.46. The van der Waals surface area contributed by atoms with Crippen molar-refractivity contribution in [2.75, 3.05) is 51.3 Å². The highest BCUT2D eigenvalue weighted by molar-refractivity contribution is 6.33. The van der Waals surface area contributed by atoms with Crippen LogP contribution in [0.2, 0.25) is 0 Å². The molecule has 4 aliphatic rings. The Morgan fingerprint density at radius 1 is 0.754 bits per heavy atom. The van der Waals surface area contributed by atoms with E-state index in [-0.39, 0.29) is 56.2 Å². The molecule has 0 saturated carbocycles. The summed E-state index contributed by atoms with van der Waals surface area (Å²) >= 11 is 0. The van der Waals surface area contributed by atoms with E-state index in [4.69, 9.17) is 18.9 Å². The molecule has 7 rings (SSSR count). The molecule has 3 aliphatic heterocycles. The maximum absolute atomic E-state index is 13.6. The summed E-state index contributed by atoms with van der Waals surface area (Å²) in [6.07, 6.45) is -16.0. The number of ketones is 2. The molecule has 3 aromatic rings. The first kappa shape index (κ1) is 47.3. The molecule has 1 unspecified atom stereocenters. The number of aliphatic hydroxyl groups is 7. The Bertz CT molecular complexity index is 2290. The van der Waals surface area contributed by atoms with Gasteiger partial charge in [0.2, 0.25) is 17.5 Å². The molecule has 1 aliphatic carbocycles. The largest absolute Gasteiger partial charge is 0.507 e. The number of anilines is 2. The summed E-state index contributed by atoms with van der Waals surface area (Å²) in [6.45, 7) is 0.483. The number of nitrogens with zero attached hydrogens (tertiary/aromatic N) is 3. The summed E-state index contributed by atoms with van der Waals surface area (Å²) in [6, 6.07) is 11.1. The smallest absolute Gasteiger partial charge is 0.306 e. The van der Waals surface area contributed by atoms with Crippen molar-refractivity contribution in [3.8, 4) is 11.5 Å². The standard InChI is InChI=1S/C42H48N4O19/c47-18-26-40(37(56)38(57)41(59)63-26)65-42-39(58)36(55)33(52)25(64-42)17-44-12-14-45(15-13-44)27(50)9-10-28(51)62-16-11-19-1-3-20(4-2-19)43-21-5-7-23(48)31-29(21)34(53)30-22(46(60)61)6-8-24(49)32(30)35(31)54/h1-8,25-26,33,36-43,47-49,52,55-59H,9-18H2/t25-,26-,33+,36+,37-,38-,39-,40-,41?,42+/m1/s1. The van der Waals surface area contributed by atoms with Gasteiger partial charge in [-0.25, -0.2) is 0 Å². The molecule has 10 N–H and O–H groups in total. The number of nitro benzene ring substituents is 1. The van der Waals surface area contributed by atoms with Gasteiger partial charge in [0.25, 0.3) is 5.69 Å².